The molecule has 0 saturated heterocycles. The molecule has 0 aliphatic carbocycles. The molecule has 0 unspecified atom stereocenters. The van der Waals surface area contributed by atoms with E-state index in [1.807, 2.05) is 54.6 Å². The molecule has 1 aromatic heterocycles. The van der Waals surface area contributed by atoms with E-state index in [4.69, 9.17) is 19.2 Å². The monoisotopic (exact) mass is 416 g/mol. The molecule has 0 aliphatic rings. The average molecular weight is 417 g/mol. The van der Waals surface area contributed by atoms with Crippen LogP contribution in [-0.4, -0.2) is 23.3 Å². The fraction of sp³-hybridized carbons (Fsp3) is 0.269. The first-order valence-corrected chi connectivity index (χ1v) is 10.6. The lowest BCUT2D eigenvalue weighted by Gasteiger charge is -2.15. The summed E-state index contributed by atoms with van der Waals surface area (Å²) in [5.41, 5.74) is 3.26. The number of imidazole rings is 1. The highest BCUT2D eigenvalue weighted by Crippen LogP contribution is 2.26. The molecular formula is C26H28N2O3. The van der Waals surface area contributed by atoms with Crippen LogP contribution in [0.5, 0.6) is 17.2 Å². The lowest BCUT2D eigenvalue weighted by Crippen LogP contribution is -2.13. The number of hydrogen-bond acceptors (Lipinski definition) is 4. The molecule has 0 fully saturated rings. The molecule has 0 N–H and O–H groups in total. The van der Waals surface area contributed by atoms with Gasteiger partial charge in [0, 0.05) is 0 Å². The van der Waals surface area contributed by atoms with Crippen LogP contribution >= 0.6 is 0 Å². The zero-order chi connectivity index (χ0) is 21.6. The minimum absolute atomic E-state index is 0.379. The molecule has 4 aromatic rings. The molecule has 3 aromatic carbocycles. The van der Waals surface area contributed by atoms with Gasteiger partial charge >= 0.3 is 0 Å². The Balaban J connectivity index is 1.50. The summed E-state index contributed by atoms with van der Waals surface area (Å²) >= 11 is 0. The van der Waals surface area contributed by atoms with Crippen LogP contribution in [0.1, 0.15) is 31.2 Å². The average Bonchev–Trinajstić information content (AvgIpc) is 3.16. The molecule has 4 rings (SSSR count). The van der Waals surface area contributed by atoms with E-state index in [-0.39, 0.29) is 0 Å². The summed E-state index contributed by atoms with van der Waals surface area (Å²) in [6.45, 7) is 5.98. The summed E-state index contributed by atoms with van der Waals surface area (Å²) < 4.78 is 19.5. The molecule has 160 valence electrons. The molecule has 0 atom stereocenters. The van der Waals surface area contributed by atoms with Crippen molar-refractivity contribution in [3.05, 3.63) is 84.2 Å². The van der Waals surface area contributed by atoms with Crippen LogP contribution in [0.3, 0.4) is 0 Å². The van der Waals surface area contributed by atoms with Gasteiger partial charge in [-0.05, 0) is 53.9 Å². The van der Waals surface area contributed by atoms with Crippen molar-refractivity contribution >= 4 is 11.0 Å². The number of methoxy groups -OCH3 is 1. The summed E-state index contributed by atoms with van der Waals surface area (Å²) in [6, 6.07) is 24.0. The van der Waals surface area contributed by atoms with E-state index in [0.717, 1.165) is 34.1 Å². The van der Waals surface area contributed by atoms with Gasteiger partial charge in [-0.25, -0.2) is 4.98 Å². The fourth-order valence-electron chi connectivity index (χ4n) is 3.64. The zero-order valence-corrected chi connectivity index (χ0v) is 18.2. The number of hydrogen-bond donors (Lipinski definition) is 0. The Bertz CT molecular complexity index is 1130. The Kier molecular flexibility index (Phi) is 6.41. The van der Waals surface area contributed by atoms with Crippen molar-refractivity contribution in [1.82, 2.24) is 9.55 Å². The van der Waals surface area contributed by atoms with Gasteiger partial charge in [-0.15, -0.1) is 0 Å². The van der Waals surface area contributed by atoms with Gasteiger partial charge in [0.05, 0.1) is 24.7 Å². The van der Waals surface area contributed by atoms with Crippen LogP contribution < -0.4 is 14.2 Å². The minimum atomic E-state index is 0.379. The maximum Gasteiger partial charge on any atom is 0.148 e. The minimum Gasteiger partial charge on any atom is -0.497 e. The molecule has 0 aliphatic heterocycles. The van der Waals surface area contributed by atoms with Gasteiger partial charge in [-0.2, -0.15) is 0 Å². The topological polar surface area (TPSA) is 45.5 Å². The van der Waals surface area contributed by atoms with Crippen molar-refractivity contribution in [2.75, 3.05) is 13.7 Å². The Morgan fingerprint density at radius 3 is 2.32 bits per heavy atom. The largest absolute Gasteiger partial charge is 0.497 e. The van der Waals surface area contributed by atoms with Crippen molar-refractivity contribution in [1.29, 1.82) is 0 Å². The van der Waals surface area contributed by atoms with Crippen LogP contribution in [-0.2, 0) is 13.2 Å². The van der Waals surface area contributed by atoms with Crippen LogP contribution in [0.4, 0.5) is 0 Å². The van der Waals surface area contributed by atoms with Gasteiger partial charge in [0.2, 0.25) is 0 Å². The van der Waals surface area contributed by atoms with E-state index >= 15 is 0 Å². The fourth-order valence-corrected chi connectivity index (χ4v) is 3.64. The first-order valence-electron chi connectivity index (χ1n) is 10.6. The summed E-state index contributed by atoms with van der Waals surface area (Å²) in [5.74, 6) is 3.81. The first-order chi connectivity index (χ1) is 15.2. The summed E-state index contributed by atoms with van der Waals surface area (Å²) in [7, 11) is 1.65. The molecule has 5 nitrogen and oxygen atoms in total. The molecule has 0 spiro atoms. The van der Waals surface area contributed by atoms with Gasteiger partial charge in [-0.3, -0.25) is 0 Å². The third-order valence-corrected chi connectivity index (χ3v) is 5.27. The highest BCUT2D eigenvalue weighted by Gasteiger charge is 2.12. The van der Waals surface area contributed by atoms with Crippen molar-refractivity contribution in [3.8, 4) is 17.2 Å². The van der Waals surface area contributed by atoms with E-state index in [1.54, 1.807) is 7.11 Å². The summed E-state index contributed by atoms with van der Waals surface area (Å²) in [5, 5.41) is 0. The van der Waals surface area contributed by atoms with Crippen molar-refractivity contribution < 1.29 is 14.2 Å². The van der Waals surface area contributed by atoms with Crippen molar-refractivity contribution in [3.63, 3.8) is 0 Å². The van der Waals surface area contributed by atoms with Crippen LogP contribution in [0.2, 0.25) is 0 Å². The van der Waals surface area contributed by atoms with E-state index in [1.165, 1.54) is 5.56 Å². The number of ether oxygens (including phenoxy) is 3. The number of rotatable bonds is 9. The third kappa shape index (κ3) is 4.82. The van der Waals surface area contributed by atoms with Crippen LogP contribution in [0, 0.1) is 0 Å². The lowest BCUT2D eigenvalue weighted by atomic mass is 10.0. The Hall–Kier alpha value is -3.47. The molecule has 0 saturated carbocycles. The summed E-state index contributed by atoms with van der Waals surface area (Å²) in [6.07, 6.45) is 0. The summed E-state index contributed by atoms with van der Waals surface area (Å²) in [4.78, 5) is 4.79. The van der Waals surface area contributed by atoms with E-state index in [0.29, 0.717) is 25.7 Å². The van der Waals surface area contributed by atoms with E-state index in [2.05, 4.69) is 36.6 Å². The Morgan fingerprint density at radius 2 is 1.55 bits per heavy atom. The maximum atomic E-state index is 6.16. The number of aromatic nitrogens is 2. The van der Waals surface area contributed by atoms with Crippen molar-refractivity contribution in [2.24, 2.45) is 0 Å². The molecule has 0 amide bonds. The first kappa shape index (κ1) is 20.8. The third-order valence-electron chi connectivity index (χ3n) is 5.27. The Labute approximate surface area is 183 Å². The van der Waals surface area contributed by atoms with Gasteiger partial charge in [0.1, 0.15) is 36.3 Å². The van der Waals surface area contributed by atoms with Crippen LogP contribution in [0.15, 0.2) is 72.8 Å². The highest BCUT2D eigenvalue weighted by molar-refractivity contribution is 5.75. The number of nitrogens with zero attached hydrogens (tertiary/aromatic N) is 2. The van der Waals surface area contributed by atoms with E-state index < -0.39 is 0 Å². The number of para-hydroxylation sites is 3. The standard InChI is InChI=1S/C26H28N2O3/c1-19(2)22-8-4-7-11-25(22)30-17-16-28-24-10-6-5-9-23(24)27-26(28)18-31-21-14-12-20(29-3)13-15-21/h4-15,19H,16-18H2,1-3H3. The van der Waals surface area contributed by atoms with Gasteiger partial charge in [0.25, 0.3) is 0 Å². The second kappa shape index (κ2) is 9.56. The SMILES string of the molecule is COc1ccc(OCc2nc3ccccc3n2CCOc2ccccc2C(C)C)cc1. The predicted molar refractivity (Wildman–Crippen MR) is 123 cm³/mol. The molecule has 1 heterocycles. The smallest absolute Gasteiger partial charge is 0.148 e. The maximum absolute atomic E-state index is 6.16. The number of benzene rings is 3. The quantitative estimate of drug-likeness (QED) is 0.345. The predicted octanol–water partition coefficient (Wildman–Crippen LogP) is 5.83. The molecule has 5 heteroatoms. The highest BCUT2D eigenvalue weighted by atomic mass is 16.5. The van der Waals surface area contributed by atoms with Gasteiger partial charge < -0.3 is 18.8 Å². The molecule has 0 bridgehead atoms. The van der Waals surface area contributed by atoms with Gasteiger partial charge in [-0.1, -0.05) is 44.2 Å². The zero-order valence-electron chi connectivity index (χ0n) is 18.2. The second-order valence-electron chi connectivity index (χ2n) is 7.67. The number of fused-ring (bicyclic) bond motifs is 1. The Morgan fingerprint density at radius 1 is 0.839 bits per heavy atom. The normalized spacial score (nSPS) is 11.1. The lowest BCUT2D eigenvalue weighted by molar-refractivity contribution is 0.270. The van der Waals surface area contributed by atoms with Crippen molar-refractivity contribution in [2.45, 2.75) is 32.9 Å². The molecule has 0 radical (unpaired) electrons. The molecular weight excluding hydrogens is 388 g/mol. The van der Waals surface area contributed by atoms with Crippen LogP contribution in [0.25, 0.3) is 11.0 Å². The second-order valence-corrected chi connectivity index (χ2v) is 7.67. The van der Waals surface area contributed by atoms with E-state index in [9.17, 15) is 0 Å². The molecule has 31 heavy (non-hydrogen) atoms. The van der Waals surface area contributed by atoms with Gasteiger partial charge in [0.15, 0.2) is 0 Å².